The van der Waals surface area contributed by atoms with Gasteiger partial charge in [-0.25, -0.2) is 4.68 Å². The minimum atomic E-state index is -4.56. The first-order valence-electron chi connectivity index (χ1n) is 18.2. The molecular weight excluding hydrogens is 662 g/mol. The van der Waals surface area contributed by atoms with Gasteiger partial charge in [0.15, 0.2) is 11.9 Å². The minimum Gasteiger partial charge on any atom is -0.245 e. The number of benzene rings is 3. The van der Waals surface area contributed by atoms with Gasteiger partial charge in [0, 0.05) is 67.9 Å². The van der Waals surface area contributed by atoms with Crippen molar-refractivity contribution >= 4 is 42.4 Å². The summed E-state index contributed by atoms with van der Waals surface area (Å²) in [6.45, 7) is 10.9. The van der Waals surface area contributed by atoms with Gasteiger partial charge in [-0.2, -0.15) is 27.4 Å². The molecule has 6 heterocycles. The summed E-state index contributed by atoms with van der Waals surface area (Å²) < 4.78 is 52.4. The van der Waals surface area contributed by atoms with Crippen LogP contribution in [-0.2, 0) is 23.7 Å². The fourth-order valence-corrected chi connectivity index (χ4v) is 11.1. The maximum Gasteiger partial charge on any atom is 0.435 e. The third kappa shape index (κ3) is 4.17. The second kappa shape index (κ2) is 11.2. The molecule has 3 atom stereocenters. The van der Waals surface area contributed by atoms with Gasteiger partial charge in [0.25, 0.3) is 11.6 Å². The van der Waals surface area contributed by atoms with Crippen LogP contribution in [0.4, 0.5) is 13.2 Å². The fraction of sp³-hybridized carbons (Fsp3) is 0.326. The predicted octanol–water partition coefficient (Wildman–Crippen LogP) is 10.8. The highest BCUT2D eigenvalue weighted by atomic mass is 32.1. The smallest absolute Gasteiger partial charge is 0.245 e. The van der Waals surface area contributed by atoms with Crippen molar-refractivity contribution in [2.45, 2.75) is 90.0 Å². The fourth-order valence-electron chi connectivity index (χ4n) is 9.77. The molecule has 0 radical (unpaired) electrons. The lowest BCUT2D eigenvalue weighted by atomic mass is 9.65. The predicted molar refractivity (Wildman–Crippen MR) is 199 cm³/mol. The Balaban J connectivity index is 1.44. The topological polar surface area (TPSA) is 25.6 Å². The zero-order valence-electron chi connectivity index (χ0n) is 29.6. The average Bonchev–Trinajstić information content (AvgIpc) is 3.85. The van der Waals surface area contributed by atoms with E-state index in [2.05, 4.69) is 116 Å². The normalized spacial score (nSPS) is 20.9. The Labute approximate surface area is 299 Å². The maximum atomic E-state index is 14.4. The molecule has 4 nitrogen and oxygen atoms in total. The Bertz CT molecular complexity index is 2550. The van der Waals surface area contributed by atoms with E-state index in [1.807, 2.05) is 29.5 Å². The van der Waals surface area contributed by atoms with Crippen LogP contribution in [-0.4, -0.2) is 9.78 Å². The van der Waals surface area contributed by atoms with Crippen molar-refractivity contribution in [1.29, 1.82) is 0 Å². The summed E-state index contributed by atoms with van der Waals surface area (Å²) in [6, 6.07) is 29.2. The molecule has 51 heavy (non-hydrogen) atoms. The van der Waals surface area contributed by atoms with E-state index in [0.717, 1.165) is 36.2 Å². The molecule has 9 rings (SSSR count). The van der Waals surface area contributed by atoms with E-state index >= 15 is 0 Å². The second-order valence-electron chi connectivity index (χ2n) is 14.6. The number of hydrogen-bond acceptors (Lipinski definition) is 2. The quantitative estimate of drug-likeness (QED) is 0.158. The molecule has 2 aliphatic rings. The van der Waals surface area contributed by atoms with Gasteiger partial charge >= 0.3 is 6.18 Å². The standard InChI is InChI=1S/C43H41F3N4S/c1-6-9-15-27-16-14-20-35-37(27)29-21-22-30-38(39(29)51-35)34-24-26(4)28-17-10-11-18-31(28)49(34)40(30)42(8-3)41(5,7-2)50-33(25-36(47-50)43(44,45)46)32-19-12-13-23-48(32)42/h10-14,16-25,40H,6-9,15H2,1-5H3/q+2. The molecule has 7 aromatic rings. The van der Waals surface area contributed by atoms with Crippen LogP contribution >= 0.6 is 11.3 Å². The van der Waals surface area contributed by atoms with Gasteiger partial charge in [0.05, 0.1) is 5.56 Å². The molecule has 2 aliphatic heterocycles. The molecule has 0 saturated carbocycles. The van der Waals surface area contributed by atoms with Crippen LogP contribution in [0, 0.1) is 6.92 Å². The molecular formula is C43H41F3N4S+2. The molecule has 8 heteroatoms. The van der Waals surface area contributed by atoms with Crippen LogP contribution in [0.2, 0.25) is 0 Å². The molecule has 0 aliphatic carbocycles. The van der Waals surface area contributed by atoms with E-state index in [1.54, 1.807) is 4.68 Å². The molecule has 0 spiro atoms. The third-order valence-corrected chi connectivity index (χ3v) is 13.4. The number of hydrogen-bond donors (Lipinski definition) is 0. The van der Waals surface area contributed by atoms with Crippen molar-refractivity contribution in [3.05, 3.63) is 114 Å². The summed E-state index contributed by atoms with van der Waals surface area (Å²) in [5.41, 5.74) is 6.10. The van der Waals surface area contributed by atoms with Crippen LogP contribution in [0.5, 0.6) is 0 Å². The average molecular weight is 703 g/mol. The number of halogens is 3. The van der Waals surface area contributed by atoms with Gasteiger partial charge in [-0.1, -0.05) is 63.6 Å². The van der Waals surface area contributed by atoms with Gasteiger partial charge in [0.2, 0.25) is 16.9 Å². The number of pyridine rings is 2. The Morgan fingerprint density at radius 1 is 0.882 bits per heavy atom. The van der Waals surface area contributed by atoms with Gasteiger partial charge in [0.1, 0.15) is 11.2 Å². The lowest BCUT2D eigenvalue weighted by Gasteiger charge is -2.47. The summed E-state index contributed by atoms with van der Waals surface area (Å²) >= 11 is 1.87. The molecule has 4 aromatic heterocycles. The van der Waals surface area contributed by atoms with Crippen molar-refractivity contribution in [3.63, 3.8) is 0 Å². The van der Waals surface area contributed by atoms with Crippen LogP contribution in [0.1, 0.15) is 81.8 Å². The van der Waals surface area contributed by atoms with E-state index in [4.69, 9.17) is 0 Å². The van der Waals surface area contributed by atoms with Crippen molar-refractivity contribution < 1.29 is 22.3 Å². The summed E-state index contributed by atoms with van der Waals surface area (Å²) in [7, 11) is 0. The highest BCUT2D eigenvalue weighted by Crippen LogP contribution is 2.57. The van der Waals surface area contributed by atoms with Gasteiger partial charge in [-0.05, 0) is 62.4 Å². The van der Waals surface area contributed by atoms with Crippen LogP contribution in [0.15, 0.2) is 91.1 Å². The first-order chi connectivity index (χ1) is 24.6. The van der Waals surface area contributed by atoms with Crippen LogP contribution < -0.4 is 9.13 Å². The number of unbranched alkanes of at least 4 members (excludes halogenated alkanes) is 1. The largest absolute Gasteiger partial charge is 0.435 e. The van der Waals surface area contributed by atoms with E-state index in [9.17, 15) is 13.2 Å². The van der Waals surface area contributed by atoms with Gasteiger partial charge in [-0.3, -0.25) is 0 Å². The number of fused-ring (bicyclic) bond motifs is 12. The Morgan fingerprint density at radius 2 is 1.69 bits per heavy atom. The second-order valence-corrected chi connectivity index (χ2v) is 15.6. The number of nitrogens with zero attached hydrogens (tertiary/aromatic N) is 4. The van der Waals surface area contributed by atoms with E-state index in [0.29, 0.717) is 18.5 Å². The highest BCUT2D eigenvalue weighted by molar-refractivity contribution is 7.26. The number of alkyl halides is 3. The molecule has 0 bridgehead atoms. The highest BCUT2D eigenvalue weighted by Gasteiger charge is 2.71. The van der Waals surface area contributed by atoms with Crippen molar-refractivity contribution in [3.8, 4) is 22.6 Å². The molecule has 3 aromatic carbocycles. The minimum absolute atomic E-state index is 0.255. The number of thiophene rings is 1. The van der Waals surface area contributed by atoms with Crippen LogP contribution in [0.3, 0.4) is 0 Å². The molecule has 0 fully saturated rings. The van der Waals surface area contributed by atoms with E-state index < -0.39 is 22.9 Å². The van der Waals surface area contributed by atoms with Crippen molar-refractivity contribution in [2.75, 3.05) is 0 Å². The molecule has 258 valence electrons. The maximum absolute atomic E-state index is 14.4. The lowest BCUT2D eigenvalue weighted by molar-refractivity contribution is -0.838. The summed E-state index contributed by atoms with van der Waals surface area (Å²) in [4.78, 5) is 0. The zero-order valence-corrected chi connectivity index (χ0v) is 30.4. The lowest BCUT2D eigenvalue weighted by Crippen LogP contribution is -2.77. The monoisotopic (exact) mass is 702 g/mol. The first kappa shape index (κ1) is 32.4. The molecule has 0 amide bonds. The Morgan fingerprint density at radius 3 is 2.45 bits per heavy atom. The Hall–Kier alpha value is -4.56. The van der Waals surface area contributed by atoms with Crippen LogP contribution in [0.25, 0.3) is 53.7 Å². The van der Waals surface area contributed by atoms with E-state index in [1.165, 1.54) is 53.9 Å². The number of aromatic nitrogens is 4. The van der Waals surface area contributed by atoms with Gasteiger partial charge < -0.3 is 0 Å². The zero-order chi connectivity index (χ0) is 35.4. The first-order valence-corrected chi connectivity index (χ1v) is 19.0. The SMILES string of the molecule is CCCCc1cccc2sc3c4c(ccc3c12)C(C1(CC)[n+]2ccccc2-c2cc(C(F)(F)F)nn2C1(C)CC)[n+]1c-4cc(C)c2ccccc21. The molecule has 0 N–H and O–H groups in total. The molecule has 3 unspecified atom stereocenters. The summed E-state index contributed by atoms with van der Waals surface area (Å²) in [5.74, 6) is 0. The van der Waals surface area contributed by atoms with Crippen molar-refractivity contribution in [1.82, 2.24) is 9.78 Å². The molecule has 0 saturated heterocycles. The number of rotatable bonds is 6. The summed E-state index contributed by atoms with van der Waals surface area (Å²) in [5, 5.41) is 8.24. The van der Waals surface area contributed by atoms with Gasteiger partial charge in [-0.15, -0.1) is 11.3 Å². The Kier molecular flexibility index (Phi) is 7.12. The van der Waals surface area contributed by atoms with Crippen molar-refractivity contribution in [2.24, 2.45) is 0 Å². The van der Waals surface area contributed by atoms with E-state index in [-0.39, 0.29) is 6.04 Å². The summed E-state index contributed by atoms with van der Waals surface area (Å²) in [6.07, 6.45) is 2.08. The number of para-hydroxylation sites is 1. The third-order valence-electron chi connectivity index (χ3n) is 12.2. The number of aryl methyl sites for hydroxylation is 2.